The van der Waals surface area contributed by atoms with Gasteiger partial charge in [0.1, 0.15) is 54.1 Å². The highest BCUT2D eigenvalue weighted by Crippen LogP contribution is 2.21. The molecule has 20 N–H and O–H groups in total. The summed E-state index contributed by atoms with van der Waals surface area (Å²) < 4.78 is 0. The third-order valence-electron chi connectivity index (χ3n) is 13.1. The molecule has 1 aliphatic heterocycles. The Morgan fingerprint density at radius 2 is 1.33 bits per heavy atom. The maximum atomic E-state index is 14.2. The Morgan fingerprint density at radius 1 is 0.716 bits per heavy atom. The summed E-state index contributed by atoms with van der Waals surface area (Å²) in [6, 6.07) is -0.516. The van der Waals surface area contributed by atoms with Crippen LogP contribution >= 0.6 is 0 Å². The number of nitrogens with two attached hydrogens (primary N) is 3. The number of carbonyl (C=O) groups is 10. The highest BCUT2D eigenvalue weighted by atomic mass is 16.4. The molecule has 4 aromatic rings. The van der Waals surface area contributed by atoms with E-state index >= 15 is 0 Å². The Kier molecular flexibility index (Phi) is 23.4. The molecule has 0 aliphatic carbocycles. The van der Waals surface area contributed by atoms with Crippen molar-refractivity contribution >= 4 is 76.1 Å². The van der Waals surface area contributed by atoms with E-state index in [0.29, 0.717) is 16.8 Å². The largest absolute Gasteiger partial charge is 0.508 e. The summed E-state index contributed by atoms with van der Waals surface area (Å²) in [4.78, 5) is 148. The van der Waals surface area contributed by atoms with E-state index in [-0.39, 0.29) is 76.2 Å². The molecule has 1 fully saturated rings. The molecule has 0 spiro atoms. The molecule has 0 radical (unpaired) electrons. The number of carbonyl (C=O) groups excluding carboxylic acids is 8. The van der Waals surface area contributed by atoms with Crippen molar-refractivity contribution in [2.75, 3.05) is 26.3 Å². The molecule has 30 heteroatoms. The van der Waals surface area contributed by atoms with Gasteiger partial charge in [0.15, 0.2) is 5.96 Å². The smallest absolute Gasteiger partial charge is 0.326 e. The molecule has 0 unspecified atom stereocenters. The lowest BCUT2D eigenvalue weighted by Crippen LogP contribution is -2.61. The average Bonchev–Trinajstić information content (AvgIpc) is 4.30. The number of nitrogens with one attached hydrogen (secondary N) is 9. The standard InChI is InChI=1S/C51H69N15O15/c1-26(42(72)61-36(20-29-22-55-25-58-29)46(76)60-34(8-4-16-56-51(53)54)44(74)63-37(50(80)81)19-28-21-57-33-7-3-2-6-31(28)33)59-47(77)38(23-67)64-45(75)35(18-27-10-12-30(69)13-11-27)62-48(78)40-9-5-17-66(40)49(79)39(24-68)65-43(73)32(52)14-15-41(70)71/h2-3,6-7,10-13,21-22,25-26,32,34-40,57,67-69H,4-5,8-9,14-20,23-24,52H2,1H3,(H,55,58)(H,59,77)(H,60,76)(H,61,72)(H,62,78)(H,63,74)(H,64,75)(H,65,73)(H,70,71)(H,80,81)(H4,53,54,56)/t26-,32-,34-,35-,36-,37-,38-,39-,40-/m0/s1. The first-order chi connectivity index (χ1) is 38.6. The van der Waals surface area contributed by atoms with E-state index in [2.05, 4.69) is 57.2 Å². The SMILES string of the molecule is C[C@H](NC(=O)[C@H](CO)NC(=O)[C@H](Cc1ccc(O)cc1)NC(=O)[C@@H]1CCCN1C(=O)[C@H](CO)NC(=O)[C@@H](N)CCC(=O)O)C(=O)N[C@@H](Cc1cnc[nH]1)C(=O)N[C@@H](CCCN=C(N)N)C(=O)N[C@@H](Cc1c[nH]c2ccccc12)C(=O)O. The molecule has 0 saturated carbocycles. The van der Waals surface area contributed by atoms with Gasteiger partial charge in [0, 0.05) is 67.8 Å². The zero-order valence-electron chi connectivity index (χ0n) is 44.1. The highest BCUT2D eigenvalue weighted by Gasteiger charge is 2.40. The van der Waals surface area contributed by atoms with Crippen LogP contribution in [-0.4, -0.2) is 191 Å². The van der Waals surface area contributed by atoms with Crippen LogP contribution in [0.1, 0.15) is 62.3 Å². The molecule has 81 heavy (non-hydrogen) atoms. The number of aliphatic hydroxyl groups excluding tert-OH is 2. The van der Waals surface area contributed by atoms with Crippen molar-refractivity contribution in [2.24, 2.45) is 22.2 Å². The second-order valence-electron chi connectivity index (χ2n) is 19.2. The van der Waals surface area contributed by atoms with Crippen LogP contribution in [0.25, 0.3) is 10.9 Å². The van der Waals surface area contributed by atoms with E-state index in [1.54, 1.807) is 30.5 Å². The van der Waals surface area contributed by atoms with Crippen LogP contribution in [0.15, 0.2) is 72.2 Å². The number of aliphatic hydroxyl groups is 2. The molecular formula is C51H69N15O15. The normalized spacial score (nSPS) is 16.0. The van der Waals surface area contributed by atoms with Crippen molar-refractivity contribution < 1.29 is 73.5 Å². The third-order valence-corrected chi connectivity index (χ3v) is 13.1. The van der Waals surface area contributed by atoms with E-state index in [1.165, 1.54) is 43.7 Å². The van der Waals surface area contributed by atoms with Crippen LogP contribution < -0.4 is 54.4 Å². The van der Waals surface area contributed by atoms with Crippen molar-refractivity contribution in [1.29, 1.82) is 0 Å². The number of aromatic nitrogens is 3. The van der Waals surface area contributed by atoms with Gasteiger partial charge in [-0.2, -0.15) is 0 Å². The maximum Gasteiger partial charge on any atom is 0.326 e. The Labute approximate surface area is 462 Å². The Bertz CT molecular complexity index is 2880. The summed E-state index contributed by atoms with van der Waals surface area (Å²) in [5.41, 5.74) is 18.8. The van der Waals surface area contributed by atoms with Crippen LogP contribution in [0.3, 0.4) is 0 Å². The number of fused-ring (bicyclic) bond motifs is 1. The molecule has 3 heterocycles. The predicted octanol–water partition coefficient (Wildman–Crippen LogP) is -4.66. The van der Waals surface area contributed by atoms with Gasteiger partial charge < -0.3 is 94.8 Å². The number of nitrogens with zero attached hydrogens (tertiary/aromatic N) is 3. The second-order valence-corrected chi connectivity index (χ2v) is 19.2. The zero-order chi connectivity index (χ0) is 59.3. The first-order valence-corrected chi connectivity index (χ1v) is 25.8. The van der Waals surface area contributed by atoms with Crippen molar-refractivity contribution in [3.63, 3.8) is 0 Å². The van der Waals surface area contributed by atoms with Gasteiger partial charge in [0.2, 0.25) is 47.3 Å². The van der Waals surface area contributed by atoms with Gasteiger partial charge in [0.25, 0.3) is 0 Å². The first kappa shape index (κ1) is 62.7. The number of benzene rings is 2. The molecular weight excluding hydrogens is 1060 g/mol. The number of hydrogen-bond donors (Lipinski definition) is 17. The van der Waals surface area contributed by atoms with E-state index < -0.39 is 133 Å². The van der Waals surface area contributed by atoms with E-state index in [4.69, 9.17) is 22.3 Å². The van der Waals surface area contributed by atoms with Crippen LogP contribution in [0.5, 0.6) is 5.75 Å². The Hall–Kier alpha value is -9.16. The number of aliphatic imine (C=N–C) groups is 1. The Balaban J connectivity index is 1.27. The molecule has 1 aliphatic rings. The van der Waals surface area contributed by atoms with Crippen molar-refractivity contribution in [3.8, 4) is 5.75 Å². The number of likely N-dealkylation sites (tertiary alicyclic amines) is 1. The number of aliphatic carboxylic acids is 2. The van der Waals surface area contributed by atoms with Crippen LogP contribution in [0, 0.1) is 0 Å². The first-order valence-electron chi connectivity index (χ1n) is 25.8. The van der Waals surface area contributed by atoms with Gasteiger partial charge in [-0.15, -0.1) is 0 Å². The van der Waals surface area contributed by atoms with Crippen molar-refractivity contribution in [1.82, 2.24) is 57.1 Å². The topological polar surface area (TPSA) is 494 Å². The van der Waals surface area contributed by atoms with Crippen LogP contribution in [-0.2, 0) is 67.2 Å². The molecule has 0 bridgehead atoms. The molecule has 30 nitrogen and oxygen atoms in total. The van der Waals surface area contributed by atoms with E-state index in [1.807, 2.05) is 0 Å². The van der Waals surface area contributed by atoms with Crippen LogP contribution in [0.4, 0.5) is 0 Å². The number of amides is 8. The number of hydrogen-bond acceptors (Lipinski definition) is 16. The minimum absolute atomic E-state index is 0.00159. The number of phenols is 1. The second kappa shape index (κ2) is 30.3. The van der Waals surface area contributed by atoms with Crippen LogP contribution in [0.2, 0.25) is 0 Å². The van der Waals surface area contributed by atoms with Crippen molar-refractivity contribution in [3.05, 3.63) is 84.1 Å². The summed E-state index contributed by atoms with van der Waals surface area (Å²) in [6.07, 6.45) is 3.39. The third kappa shape index (κ3) is 18.7. The lowest BCUT2D eigenvalue weighted by atomic mass is 10.0. The minimum atomic E-state index is -1.76. The van der Waals surface area contributed by atoms with Gasteiger partial charge in [-0.05, 0) is 68.4 Å². The number of H-pyrrole nitrogens is 2. The molecule has 8 amide bonds. The number of carboxylic acids is 2. The minimum Gasteiger partial charge on any atom is -0.508 e. The number of imidazole rings is 1. The fraction of sp³-hybridized carbons (Fsp3) is 0.451. The van der Waals surface area contributed by atoms with Gasteiger partial charge in [0.05, 0.1) is 25.6 Å². The highest BCUT2D eigenvalue weighted by molar-refractivity contribution is 5.98. The monoisotopic (exact) mass is 1130 g/mol. The fourth-order valence-corrected chi connectivity index (χ4v) is 8.73. The number of aromatic amines is 2. The summed E-state index contributed by atoms with van der Waals surface area (Å²) >= 11 is 0. The van der Waals surface area contributed by atoms with E-state index in [0.717, 1.165) is 15.8 Å². The molecule has 1 saturated heterocycles. The number of phenolic OH excluding ortho intramolecular Hbond substituents is 1. The van der Waals surface area contributed by atoms with Gasteiger partial charge in [-0.3, -0.25) is 48.1 Å². The number of guanidine groups is 1. The predicted molar refractivity (Wildman–Crippen MR) is 287 cm³/mol. The molecule has 2 aromatic heterocycles. The maximum absolute atomic E-state index is 14.2. The van der Waals surface area contributed by atoms with Gasteiger partial charge >= 0.3 is 11.9 Å². The molecule has 5 rings (SSSR count). The van der Waals surface area contributed by atoms with Gasteiger partial charge in [-0.25, -0.2) is 9.78 Å². The number of carboxylic acid groups (broad SMARTS) is 2. The van der Waals surface area contributed by atoms with Crippen molar-refractivity contribution in [2.45, 2.75) is 119 Å². The zero-order valence-corrected chi connectivity index (χ0v) is 44.1. The summed E-state index contributed by atoms with van der Waals surface area (Å²) in [6.45, 7) is -0.679. The molecule has 438 valence electrons. The fourth-order valence-electron chi connectivity index (χ4n) is 8.73. The lowest BCUT2D eigenvalue weighted by molar-refractivity contribution is -0.143. The van der Waals surface area contributed by atoms with E-state index in [9.17, 15) is 68.4 Å². The summed E-state index contributed by atoms with van der Waals surface area (Å²) in [7, 11) is 0. The molecule has 2 aromatic carbocycles. The average molecular weight is 1130 g/mol. The summed E-state index contributed by atoms with van der Waals surface area (Å²) in [5.74, 6) is -10.4. The lowest BCUT2D eigenvalue weighted by Gasteiger charge is -2.30. The molecule has 9 atom stereocenters. The quantitative estimate of drug-likeness (QED) is 0.0128. The Morgan fingerprint density at radius 3 is 1.98 bits per heavy atom. The van der Waals surface area contributed by atoms with Gasteiger partial charge in [-0.1, -0.05) is 30.3 Å². The number of rotatable bonds is 31. The number of para-hydroxylation sites is 1. The summed E-state index contributed by atoms with van der Waals surface area (Å²) in [5, 5.41) is 67.4. The number of aromatic hydroxyl groups is 1.